The first kappa shape index (κ1) is 50.1. The van der Waals surface area contributed by atoms with Crippen molar-refractivity contribution in [2.24, 2.45) is 17.6 Å². The number of amides is 6. The molecular weight excluding hydrogens is 778 g/mol. The molecule has 1 aliphatic heterocycles. The molecule has 0 radical (unpaired) electrons. The monoisotopic (exact) mass is 837 g/mol. The molecule has 0 aromatic heterocycles. The number of Topliss-reactive ketones (excluding diaryl/α,β-unsaturated/α-hetero) is 1. The lowest BCUT2D eigenvalue weighted by Crippen LogP contribution is -2.45. The average Bonchev–Trinajstić information content (AvgIpc) is 3.50. The summed E-state index contributed by atoms with van der Waals surface area (Å²) in [6.45, 7) is 7.71. The Balaban J connectivity index is 1.58. The van der Waals surface area contributed by atoms with Crippen LogP contribution in [0.1, 0.15) is 71.3 Å². The molecule has 0 spiro atoms. The smallest absolute Gasteiger partial charge is 0.335 e. The van der Waals surface area contributed by atoms with Gasteiger partial charge in [-0.15, -0.1) is 5.06 Å². The minimum Gasteiger partial charge on any atom is -0.461 e. The van der Waals surface area contributed by atoms with Crippen molar-refractivity contribution in [3.8, 4) is 0 Å². The van der Waals surface area contributed by atoms with Crippen molar-refractivity contribution in [2.45, 2.75) is 78.4 Å². The highest BCUT2D eigenvalue weighted by molar-refractivity contribution is 6.01. The molecule has 0 saturated carbocycles. The van der Waals surface area contributed by atoms with E-state index in [1.807, 2.05) is 0 Å². The maximum Gasteiger partial charge on any atom is 0.335 e. The van der Waals surface area contributed by atoms with E-state index in [1.165, 1.54) is 6.92 Å². The van der Waals surface area contributed by atoms with Crippen LogP contribution in [0.25, 0.3) is 0 Å². The molecule has 6 amide bonds. The summed E-state index contributed by atoms with van der Waals surface area (Å²) in [7, 11) is 0. The second-order valence-corrected chi connectivity index (χ2v) is 13.7. The predicted octanol–water partition coefficient (Wildman–Crippen LogP) is 1.32. The number of urea groups is 1. The van der Waals surface area contributed by atoms with Crippen LogP contribution in [0, 0.1) is 11.8 Å². The van der Waals surface area contributed by atoms with E-state index >= 15 is 0 Å². The number of anilines is 1. The number of primary amides is 1. The molecule has 1 saturated heterocycles. The number of imide groups is 1. The average molecular weight is 838 g/mol. The van der Waals surface area contributed by atoms with Gasteiger partial charge in [-0.3, -0.25) is 28.8 Å². The van der Waals surface area contributed by atoms with Crippen LogP contribution in [-0.4, -0.2) is 131 Å². The molecular formula is C39H59N5O15. The SMILES string of the molecule is CC(=O)OCc1ccc(NC(=O)[C@H](CCCNC(N)=O)CC(=O)[C@@H](NC(=O)CCOCCOCCOCCOCCOCCC(=O)ON2C(=O)CCC2=O)C(C)C)cc1. The summed E-state index contributed by atoms with van der Waals surface area (Å²) < 4.78 is 32.1. The van der Waals surface area contributed by atoms with Crippen LogP contribution in [0.2, 0.25) is 0 Å². The molecule has 1 fully saturated rings. The summed E-state index contributed by atoms with van der Waals surface area (Å²) in [5, 5.41) is 8.57. The second-order valence-electron chi connectivity index (χ2n) is 13.7. The third-order valence-corrected chi connectivity index (χ3v) is 8.45. The zero-order valence-electron chi connectivity index (χ0n) is 34.1. The number of nitrogens with two attached hydrogens (primary N) is 1. The van der Waals surface area contributed by atoms with Gasteiger partial charge < -0.3 is 54.9 Å². The first-order chi connectivity index (χ1) is 28.3. The second kappa shape index (κ2) is 29.2. The summed E-state index contributed by atoms with van der Waals surface area (Å²) in [6.07, 6.45) is 0.474. The summed E-state index contributed by atoms with van der Waals surface area (Å²) >= 11 is 0. The van der Waals surface area contributed by atoms with Gasteiger partial charge in [-0.25, -0.2) is 9.59 Å². The number of nitrogens with one attached hydrogen (secondary N) is 3. The number of benzene rings is 1. The Bertz CT molecular complexity index is 1490. The number of ketones is 1. The van der Waals surface area contributed by atoms with E-state index in [0.717, 1.165) is 5.56 Å². The normalized spacial score (nSPS) is 13.5. The van der Waals surface area contributed by atoms with E-state index in [1.54, 1.807) is 38.1 Å². The van der Waals surface area contributed by atoms with E-state index in [4.69, 9.17) is 39.0 Å². The number of rotatable bonds is 32. The van der Waals surface area contributed by atoms with E-state index in [9.17, 15) is 38.4 Å². The van der Waals surface area contributed by atoms with Crippen molar-refractivity contribution in [3.05, 3.63) is 29.8 Å². The standard InChI is InChI=1S/C39H59N5O15/c1-27(2)37(32(46)25-30(5-4-14-41-39(40)52)38(51)42-31-8-6-29(7-9-31)26-58-28(3)45)43-33(47)12-15-53-17-19-55-21-23-57-24-22-56-20-18-54-16-13-36(50)59-44-34(48)10-11-35(44)49/h6-9,27,30,37H,4-5,10-26H2,1-3H3,(H,42,51)(H,43,47)(H3,40,41,52)/t30-,37+/m1/s1. The fourth-order valence-electron chi connectivity index (χ4n) is 5.34. The number of hydrogen-bond acceptors (Lipinski definition) is 15. The summed E-state index contributed by atoms with van der Waals surface area (Å²) in [6, 6.07) is 5.20. The fraction of sp³-hybridized carbons (Fsp3) is 0.641. The van der Waals surface area contributed by atoms with E-state index in [0.29, 0.717) is 43.6 Å². The number of ether oxygens (including phenoxy) is 6. The van der Waals surface area contributed by atoms with Gasteiger partial charge in [0.25, 0.3) is 11.8 Å². The van der Waals surface area contributed by atoms with Crippen molar-refractivity contribution >= 4 is 53.1 Å². The molecule has 1 aromatic rings. The van der Waals surface area contributed by atoms with Gasteiger partial charge in [0.1, 0.15) is 6.61 Å². The van der Waals surface area contributed by atoms with Gasteiger partial charge in [-0.1, -0.05) is 26.0 Å². The molecule has 1 aliphatic rings. The molecule has 0 aliphatic carbocycles. The van der Waals surface area contributed by atoms with Crippen LogP contribution in [0.15, 0.2) is 24.3 Å². The highest BCUT2D eigenvalue weighted by atomic mass is 16.7. The highest BCUT2D eigenvalue weighted by Crippen LogP contribution is 2.20. The molecule has 5 N–H and O–H groups in total. The van der Waals surface area contributed by atoms with Gasteiger partial charge in [-0.05, 0) is 36.5 Å². The number of carbonyl (C=O) groups is 8. The number of esters is 1. The quantitative estimate of drug-likeness (QED) is 0.0453. The molecule has 1 aromatic carbocycles. The third-order valence-electron chi connectivity index (χ3n) is 8.45. The Morgan fingerprint density at radius 1 is 0.763 bits per heavy atom. The van der Waals surface area contributed by atoms with Crippen molar-refractivity contribution in [1.82, 2.24) is 15.7 Å². The lowest BCUT2D eigenvalue weighted by atomic mass is 9.89. The molecule has 0 unspecified atom stereocenters. The number of nitrogens with zero attached hydrogens (tertiary/aromatic N) is 1. The minimum absolute atomic E-state index is 0.0103. The Kier molecular flexibility index (Phi) is 24.8. The Labute approximate surface area is 343 Å². The van der Waals surface area contributed by atoms with Crippen molar-refractivity contribution in [3.63, 3.8) is 0 Å². The molecule has 1 heterocycles. The molecule has 20 nitrogen and oxygen atoms in total. The van der Waals surface area contributed by atoms with Crippen LogP contribution in [-0.2, 0) is 73.4 Å². The Morgan fingerprint density at radius 3 is 1.80 bits per heavy atom. The van der Waals surface area contributed by atoms with Crippen molar-refractivity contribution in [2.75, 3.05) is 77.9 Å². The number of hydrogen-bond donors (Lipinski definition) is 4. The van der Waals surface area contributed by atoms with Gasteiger partial charge in [0.15, 0.2) is 5.78 Å². The van der Waals surface area contributed by atoms with Gasteiger partial charge in [0.2, 0.25) is 11.8 Å². The Hall–Kier alpha value is -5.02. The van der Waals surface area contributed by atoms with E-state index in [-0.39, 0.29) is 109 Å². The van der Waals surface area contributed by atoms with Crippen LogP contribution in [0.4, 0.5) is 10.5 Å². The van der Waals surface area contributed by atoms with Crippen LogP contribution in [0.5, 0.6) is 0 Å². The van der Waals surface area contributed by atoms with Gasteiger partial charge in [0.05, 0.1) is 78.5 Å². The lowest BCUT2D eigenvalue weighted by Gasteiger charge is -2.24. The molecule has 2 rings (SSSR count). The summed E-state index contributed by atoms with van der Waals surface area (Å²) in [5.41, 5.74) is 6.37. The summed E-state index contributed by atoms with van der Waals surface area (Å²) in [5.74, 6) is -4.32. The first-order valence-electron chi connectivity index (χ1n) is 19.6. The fourth-order valence-corrected chi connectivity index (χ4v) is 5.34. The Morgan fingerprint density at radius 2 is 1.29 bits per heavy atom. The molecule has 0 bridgehead atoms. The van der Waals surface area contributed by atoms with E-state index in [2.05, 4.69) is 16.0 Å². The molecule has 20 heteroatoms. The summed E-state index contributed by atoms with van der Waals surface area (Å²) in [4.78, 5) is 101. The zero-order chi connectivity index (χ0) is 43.4. The minimum atomic E-state index is -0.837. The van der Waals surface area contributed by atoms with Crippen LogP contribution < -0.4 is 21.7 Å². The van der Waals surface area contributed by atoms with Crippen molar-refractivity contribution < 1.29 is 71.6 Å². The maximum atomic E-state index is 13.5. The van der Waals surface area contributed by atoms with Crippen LogP contribution >= 0.6 is 0 Å². The molecule has 330 valence electrons. The van der Waals surface area contributed by atoms with Crippen molar-refractivity contribution in [1.29, 1.82) is 0 Å². The molecule has 59 heavy (non-hydrogen) atoms. The van der Waals surface area contributed by atoms with E-state index < -0.39 is 47.7 Å². The third kappa shape index (κ3) is 22.6. The topological polar surface area (TPSA) is 267 Å². The predicted molar refractivity (Wildman–Crippen MR) is 208 cm³/mol. The van der Waals surface area contributed by atoms with Crippen LogP contribution in [0.3, 0.4) is 0 Å². The highest BCUT2D eigenvalue weighted by Gasteiger charge is 2.33. The first-order valence-corrected chi connectivity index (χ1v) is 19.6. The molecule has 2 atom stereocenters. The van der Waals surface area contributed by atoms with Gasteiger partial charge in [0, 0.05) is 50.8 Å². The van der Waals surface area contributed by atoms with Gasteiger partial charge in [-0.2, -0.15) is 0 Å². The number of hydroxylamine groups is 2. The van der Waals surface area contributed by atoms with Gasteiger partial charge >= 0.3 is 18.0 Å². The lowest BCUT2D eigenvalue weighted by molar-refractivity contribution is -0.198. The maximum absolute atomic E-state index is 13.5. The number of carbonyl (C=O) groups excluding carboxylic acids is 8. The largest absolute Gasteiger partial charge is 0.461 e. The zero-order valence-corrected chi connectivity index (χ0v) is 34.1.